The van der Waals surface area contributed by atoms with Gasteiger partial charge in [-0.25, -0.2) is 0 Å². The molecule has 2 nitrogen and oxygen atoms in total. The van der Waals surface area contributed by atoms with Crippen LogP contribution in [0.15, 0.2) is 23.3 Å². The minimum absolute atomic E-state index is 0.102. The molecule has 1 unspecified atom stereocenters. The van der Waals surface area contributed by atoms with Crippen LogP contribution in [0.4, 0.5) is 0 Å². The number of halogens is 1. The summed E-state index contributed by atoms with van der Waals surface area (Å²) in [5.41, 5.74) is 2.54. The van der Waals surface area contributed by atoms with Crippen molar-refractivity contribution in [1.29, 1.82) is 0 Å². The highest BCUT2D eigenvalue weighted by molar-refractivity contribution is 6.25. The molecule has 0 amide bonds. The van der Waals surface area contributed by atoms with E-state index in [1.807, 2.05) is 26.0 Å². The summed E-state index contributed by atoms with van der Waals surface area (Å²) in [6, 6.07) is 0. The zero-order chi connectivity index (χ0) is 15.3. The topological polar surface area (TPSA) is 26.3 Å². The zero-order valence-corrected chi connectivity index (χ0v) is 13.4. The molecule has 3 atom stereocenters. The van der Waals surface area contributed by atoms with Crippen molar-refractivity contribution in [2.24, 2.45) is 17.3 Å². The van der Waals surface area contributed by atoms with Crippen LogP contribution < -0.4 is 0 Å². The second kappa shape index (κ2) is 6.99. The molecule has 3 heteroatoms. The molecule has 1 saturated carbocycles. The molecule has 0 radical (unpaired) electrons. The van der Waals surface area contributed by atoms with E-state index in [0.29, 0.717) is 12.3 Å². The maximum Gasteiger partial charge on any atom is 0.307 e. The Labute approximate surface area is 127 Å². The van der Waals surface area contributed by atoms with E-state index in [9.17, 15) is 4.79 Å². The van der Waals surface area contributed by atoms with Gasteiger partial charge in [0, 0.05) is 12.0 Å². The SMILES string of the molecule is C#CC(OC(=O)C[C@H]1[C@@H](/C=C/Cl)C1(C)C)/C(C)=C/CC. The number of ether oxygens (including phenoxy) is 1. The van der Waals surface area contributed by atoms with E-state index in [2.05, 4.69) is 19.8 Å². The fraction of sp³-hybridized carbons (Fsp3) is 0.588. The maximum absolute atomic E-state index is 12.0. The summed E-state index contributed by atoms with van der Waals surface area (Å²) in [7, 11) is 0. The minimum Gasteiger partial charge on any atom is -0.444 e. The van der Waals surface area contributed by atoms with Crippen molar-refractivity contribution in [1.82, 2.24) is 0 Å². The van der Waals surface area contributed by atoms with Gasteiger partial charge in [-0.3, -0.25) is 4.79 Å². The van der Waals surface area contributed by atoms with E-state index in [0.717, 1.165) is 12.0 Å². The minimum atomic E-state index is -0.550. The van der Waals surface area contributed by atoms with Crippen LogP contribution in [0, 0.1) is 29.6 Å². The fourth-order valence-electron chi connectivity index (χ4n) is 2.68. The number of hydrogen-bond donors (Lipinski definition) is 0. The summed E-state index contributed by atoms with van der Waals surface area (Å²) in [5.74, 6) is 2.90. The zero-order valence-electron chi connectivity index (χ0n) is 12.7. The number of carbonyl (C=O) groups excluding carboxylic acids is 1. The van der Waals surface area contributed by atoms with Crippen LogP contribution in [0.2, 0.25) is 0 Å². The highest BCUT2D eigenvalue weighted by atomic mass is 35.5. The monoisotopic (exact) mass is 294 g/mol. The Bertz CT molecular complexity index is 454. The van der Waals surface area contributed by atoms with Crippen LogP contribution in [-0.4, -0.2) is 12.1 Å². The van der Waals surface area contributed by atoms with Gasteiger partial charge in [-0.15, -0.1) is 6.42 Å². The molecule has 0 bridgehead atoms. The van der Waals surface area contributed by atoms with Gasteiger partial charge in [-0.1, -0.05) is 50.4 Å². The van der Waals surface area contributed by atoms with E-state index in [4.69, 9.17) is 22.8 Å². The number of terminal acetylenes is 1. The highest BCUT2D eigenvalue weighted by Crippen LogP contribution is 2.60. The van der Waals surface area contributed by atoms with Crippen LogP contribution in [0.5, 0.6) is 0 Å². The Balaban J connectivity index is 2.57. The summed E-state index contributed by atoms with van der Waals surface area (Å²) in [4.78, 5) is 12.0. The molecule has 0 aromatic carbocycles. The summed E-state index contributed by atoms with van der Waals surface area (Å²) >= 11 is 5.62. The number of allylic oxidation sites excluding steroid dienone is 2. The van der Waals surface area contributed by atoms with E-state index < -0.39 is 6.10 Å². The number of esters is 1. The molecule has 1 aliphatic rings. The number of rotatable bonds is 6. The average molecular weight is 295 g/mol. The van der Waals surface area contributed by atoms with Crippen LogP contribution >= 0.6 is 11.6 Å². The molecule has 1 aliphatic carbocycles. The van der Waals surface area contributed by atoms with E-state index >= 15 is 0 Å². The van der Waals surface area contributed by atoms with Crippen molar-refractivity contribution < 1.29 is 9.53 Å². The molecule has 110 valence electrons. The van der Waals surface area contributed by atoms with Gasteiger partial charge in [0.15, 0.2) is 6.10 Å². The van der Waals surface area contributed by atoms with E-state index in [-0.39, 0.29) is 17.3 Å². The molecule has 0 spiro atoms. The van der Waals surface area contributed by atoms with Crippen molar-refractivity contribution in [3.05, 3.63) is 23.3 Å². The lowest BCUT2D eigenvalue weighted by molar-refractivity contribution is -0.145. The predicted molar refractivity (Wildman–Crippen MR) is 83.1 cm³/mol. The first kappa shape index (κ1) is 16.9. The van der Waals surface area contributed by atoms with Gasteiger partial charge >= 0.3 is 5.97 Å². The molecule has 1 rings (SSSR count). The number of hydrogen-bond acceptors (Lipinski definition) is 2. The van der Waals surface area contributed by atoms with Gasteiger partial charge in [0.05, 0.1) is 0 Å². The first-order chi connectivity index (χ1) is 9.38. The Morgan fingerprint density at radius 2 is 2.20 bits per heavy atom. The maximum atomic E-state index is 12.0. The third-order valence-corrected chi connectivity index (χ3v) is 4.29. The quantitative estimate of drug-likeness (QED) is 0.415. The van der Waals surface area contributed by atoms with E-state index in [1.165, 1.54) is 5.54 Å². The lowest BCUT2D eigenvalue weighted by atomic mass is 10.1. The Morgan fingerprint density at radius 3 is 2.70 bits per heavy atom. The Morgan fingerprint density at radius 1 is 1.55 bits per heavy atom. The highest BCUT2D eigenvalue weighted by Gasteiger charge is 2.56. The van der Waals surface area contributed by atoms with Crippen LogP contribution in [-0.2, 0) is 9.53 Å². The Kier molecular flexibility index (Phi) is 5.89. The normalized spacial score (nSPS) is 26.1. The lowest BCUT2D eigenvalue weighted by Gasteiger charge is -2.13. The largest absolute Gasteiger partial charge is 0.444 e. The fourth-order valence-corrected chi connectivity index (χ4v) is 2.84. The predicted octanol–water partition coefficient (Wildman–Crippen LogP) is 4.30. The molecule has 0 heterocycles. The van der Waals surface area contributed by atoms with Gasteiger partial charge in [-0.05, 0) is 36.2 Å². The average Bonchev–Trinajstić information content (AvgIpc) is 2.88. The van der Waals surface area contributed by atoms with Crippen LogP contribution in [0.25, 0.3) is 0 Å². The van der Waals surface area contributed by atoms with Gasteiger partial charge < -0.3 is 4.74 Å². The molecule has 1 fully saturated rings. The molecule has 0 saturated heterocycles. The lowest BCUT2D eigenvalue weighted by Crippen LogP contribution is -2.18. The summed E-state index contributed by atoms with van der Waals surface area (Å²) in [5, 5.41) is 0. The first-order valence-electron chi connectivity index (χ1n) is 6.97. The third kappa shape index (κ3) is 3.90. The summed E-state index contributed by atoms with van der Waals surface area (Å²) < 4.78 is 5.38. The molecule has 0 aliphatic heterocycles. The smallest absolute Gasteiger partial charge is 0.307 e. The standard InChI is InChI=1S/C17H23ClO2/c1-6-8-12(3)15(7-2)20-16(19)11-14-13(9-10-18)17(14,4)5/h2,8-10,13-15H,6,11H2,1,3-5H3/b10-9+,12-8+/t13-,14+,15?/m1/s1. The second-order valence-electron chi connectivity index (χ2n) is 5.87. The van der Waals surface area contributed by atoms with Crippen molar-refractivity contribution in [3.8, 4) is 12.3 Å². The summed E-state index contributed by atoms with van der Waals surface area (Å²) in [6.07, 6.45) is 10.1. The van der Waals surface area contributed by atoms with E-state index in [1.54, 1.807) is 0 Å². The van der Waals surface area contributed by atoms with Gasteiger partial charge in [-0.2, -0.15) is 0 Å². The molecule has 0 N–H and O–H groups in total. The van der Waals surface area contributed by atoms with Crippen molar-refractivity contribution in [2.45, 2.75) is 46.6 Å². The molecule has 0 aromatic rings. The van der Waals surface area contributed by atoms with Crippen LogP contribution in [0.1, 0.15) is 40.5 Å². The van der Waals surface area contributed by atoms with Crippen LogP contribution in [0.3, 0.4) is 0 Å². The van der Waals surface area contributed by atoms with Gasteiger partial charge in [0.25, 0.3) is 0 Å². The first-order valence-corrected chi connectivity index (χ1v) is 7.41. The third-order valence-electron chi connectivity index (χ3n) is 4.15. The van der Waals surface area contributed by atoms with Gasteiger partial charge in [0.2, 0.25) is 0 Å². The number of carbonyl (C=O) groups is 1. The van der Waals surface area contributed by atoms with Crippen molar-refractivity contribution in [3.63, 3.8) is 0 Å². The molecule has 20 heavy (non-hydrogen) atoms. The molecular formula is C17H23ClO2. The van der Waals surface area contributed by atoms with Crippen molar-refractivity contribution in [2.75, 3.05) is 0 Å². The molecular weight excluding hydrogens is 272 g/mol. The van der Waals surface area contributed by atoms with Gasteiger partial charge in [0.1, 0.15) is 0 Å². The van der Waals surface area contributed by atoms with Crippen molar-refractivity contribution >= 4 is 17.6 Å². The summed E-state index contributed by atoms with van der Waals surface area (Å²) in [6.45, 7) is 8.18. The molecule has 0 aromatic heterocycles. The Hall–Kier alpha value is -1.20. The second-order valence-corrected chi connectivity index (χ2v) is 6.12.